The van der Waals surface area contributed by atoms with Gasteiger partial charge in [0, 0.05) is 13.1 Å². The third-order valence-electron chi connectivity index (χ3n) is 7.23. The van der Waals surface area contributed by atoms with Crippen LogP contribution < -0.4 is 0 Å². The van der Waals surface area contributed by atoms with Gasteiger partial charge in [-0.1, -0.05) is 84.9 Å². The summed E-state index contributed by atoms with van der Waals surface area (Å²) in [6, 6.07) is 30.0. The van der Waals surface area contributed by atoms with Gasteiger partial charge in [-0.2, -0.15) is 0 Å². The highest BCUT2D eigenvalue weighted by Crippen LogP contribution is 2.35. The molecule has 3 nitrogen and oxygen atoms in total. The van der Waals surface area contributed by atoms with Gasteiger partial charge in [-0.05, 0) is 60.3 Å². The van der Waals surface area contributed by atoms with Crippen LogP contribution in [0.4, 0.5) is 0 Å². The maximum absolute atomic E-state index is 6.80. The van der Waals surface area contributed by atoms with E-state index in [0.717, 1.165) is 19.5 Å². The van der Waals surface area contributed by atoms with Crippen molar-refractivity contribution in [2.45, 2.75) is 51.0 Å². The monoisotopic (exact) mass is 441 g/mol. The summed E-state index contributed by atoms with van der Waals surface area (Å²) < 4.78 is 13.1. The van der Waals surface area contributed by atoms with E-state index in [1.807, 2.05) is 0 Å². The van der Waals surface area contributed by atoms with Crippen LogP contribution in [0.3, 0.4) is 0 Å². The second kappa shape index (κ2) is 10.6. The Hall–Kier alpha value is -2.46. The minimum Gasteiger partial charge on any atom is -0.372 e. The summed E-state index contributed by atoms with van der Waals surface area (Å²) >= 11 is 0. The zero-order valence-electron chi connectivity index (χ0n) is 19.5. The molecule has 0 N–H and O–H groups in total. The fourth-order valence-corrected chi connectivity index (χ4v) is 5.48. The molecule has 172 valence electrons. The first-order valence-corrected chi connectivity index (χ1v) is 12.4. The summed E-state index contributed by atoms with van der Waals surface area (Å²) in [5.41, 5.74) is 5.12. The number of nitrogens with zero attached hydrogens (tertiary/aromatic N) is 1. The Morgan fingerprint density at radius 1 is 0.727 bits per heavy atom. The Bertz CT molecular complexity index is 981. The van der Waals surface area contributed by atoms with Crippen LogP contribution in [0.2, 0.25) is 0 Å². The minimum atomic E-state index is -0.363. The van der Waals surface area contributed by atoms with Crippen LogP contribution >= 0.6 is 0 Å². The molecule has 1 heterocycles. The molecular weight excluding hydrogens is 406 g/mol. The van der Waals surface area contributed by atoms with Gasteiger partial charge in [0.05, 0.1) is 19.8 Å². The van der Waals surface area contributed by atoms with Crippen molar-refractivity contribution in [3.8, 4) is 0 Å². The molecule has 5 rings (SSSR count). The molecule has 0 aromatic heterocycles. The predicted octanol–water partition coefficient (Wildman–Crippen LogP) is 6.02. The minimum absolute atomic E-state index is 0.363. The third-order valence-corrected chi connectivity index (χ3v) is 7.23. The SMILES string of the molecule is c1ccc(COCC2(OCc3ccccc3)CCCCN2CC2Cc3ccccc3C2)cc1. The van der Waals surface area contributed by atoms with Gasteiger partial charge >= 0.3 is 0 Å². The fraction of sp³-hybridized carbons (Fsp3) is 0.400. The van der Waals surface area contributed by atoms with E-state index in [9.17, 15) is 0 Å². The molecule has 3 aromatic carbocycles. The summed E-state index contributed by atoms with van der Waals surface area (Å²) in [6.45, 7) is 4.00. The highest BCUT2D eigenvalue weighted by molar-refractivity contribution is 5.32. The van der Waals surface area contributed by atoms with E-state index in [0.29, 0.717) is 25.7 Å². The van der Waals surface area contributed by atoms with Crippen LogP contribution in [0.1, 0.15) is 41.5 Å². The molecule has 0 spiro atoms. The molecule has 0 saturated carbocycles. The lowest BCUT2D eigenvalue weighted by Gasteiger charge is -2.47. The number of ether oxygens (including phenoxy) is 2. The summed E-state index contributed by atoms with van der Waals surface area (Å²) in [4.78, 5) is 2.61. The second-order valence-corrected chi connectivity index (χ2v) is 9.64. The maximum Gasteiger partial charge on any atom is 0.145 e. The first-order valence-electron chi connectivity index (χ1n) is 12.4. The van der Waals surface area contributed by atoms with Crippen molar-refractivity contribution in [3.05, 3.63) is 107 Å². The smallest absolute Gasteiger partial charge is 0.145 e. The van der Waals surface area contributed by atoms with Gasteiger partial charge < -0.3 is 9.47 Å². The molecule has 1 aliphatic heterocycles. The highest BCUT2D eigenvalue weighted by Gasteiger charge is 2.41. The largest absolute Gasteiger partial charge is 0.372 e. The van der Waals surface area contributed by atoms with Crippen LogP contribution in [0.15, 0.2) is 84.9 Å². The van der Waals surface area contributed by atoms with Gasteiger partial charge in [0.25, 0.3) is 0 Å². The Balaban J connectivity index is 1.31. The van der Waals surface area contributed by atoms with Crippen LogP contribution in [0, 0.1) is 5.92 Å². The van der Waals surface area contributed by atoms with Crippen molar-refractivity contribution in [2.24, 2.45) is 5.92 Å². The summed E-state index contributed by atoms with van der Waals surface area (Å²) in [5.74, 6) is 0.648. The molecule has 1 atom stereocenters. The molecule has 0 radical (unpaired) electrons. The molecule has 0 amide bonds. The number of fused-ring (bicyclic) bond motifs is 1. The Morgan fingerprint density at radius 3 is 2.00 bits per heavy atom. The van der Waals surface area contributed by atoms with E-state index in [1.54, 1.807) is 0 Å². The molecule has 3 aromatic rings. The molecule has 0 bridgehead atoms. The number of piperidine rings is 1. The first-order chi connectivity index (χ1) is 16.3. The maximum atomic E-state index is 6.80. The van der Waals surface area contributed by atoms with Crippen molar-refractivity contribution >= 4 is 0 Å². The Morgan fingerprint density at radius 2 is 1.33 bits per heavy atom. The zero-order valence-corrected chi connectivity index (χ0v) is 19.5. The first kappa shape index (κ1) is 22.3. The van der Waals surface area contributed by atoms with Gasteiger partial charge in [-0.3, -0.25) is 4.90 Å². The molecule has 1 aliphatic carbocycles. The lowest BCUT2D eigenvalue weighted by atomic mass is 9.95. The molecule has 2 aliphatic rings. The summed E-state index contributed by atoms with van der Waals surface area (Å²) in [5, 5.41) is 0. The van der Waals surface area contributed by atoms with Crippen molar-refractivity contribution < 1.29 is 9.47 Å². The van der Waals surface area contributed by atoms with E-state index < -0.39 is 0 Å². The van der Waals surface area contributed by atoms with Gasteiger partial charge in [0.1, 0.15) is 5.72 Å². The van der Waals surface area contributed by atoms with Crippen molar-refractivity contribution in [1.82, 2.24) is 4.90 Å². The van der Waals surface area contributed by atoms with Crippen LogP contribution in [-0.2, 0) is 35.5 Å². The van der Waals surface area contributed by atoms with E-state index in [1.165, 1.54) is 47.9 Å². The van der Waals surface area contributed by atoms with Gasteiger partial charge in [-0.15, -0.1) is 0 Å². The normalized spacial score (nSPS) is 21.2. The number of benzene rings is 3. The Kier molecular flexibility index (Phi) is 7.21. The highest BCUT2D eigenvalue weighted by atomic mass is 16.6. The lowest BCUT2D eigenvalue weighted by molar-refractivity contribution is -0.217. The summed E-state index contributed by atoms with van der Waals surface area (Å²) in [7, 11) is 0. The molecule has 1 unspecified atom stereocenters. The molecule has 33 heavy (non-hydrogen) atoms. The molecule has 1 saturated heterocycles. The predicted molar refractivity (Wildman–Crippen MR) is 133 cm³/mol. The number of rotatable bonds is 9. The van der Waals surface area contributed by atoms with E-state index in [-0.39, 0.29) is 5.72 Å². The average Bonchev–Trinajstić information content (AvgIpc) is 3.28. The number of hydrogen-bond donors (Lipinski definition) is 0. The van der Waals surface area contributed by atoms with Crippen LogP contribution in [-0.4, -0.2) is 30.3 Å². The zero-order chi connectivity index (χ0) is 22.3. The van der Waals surface area contributed by atoms with Gasteiger partial charge in [0.15, 0.2) is 0 Å². The lowest BCUT2D eigenvalue weighted by Crippen LogP contribution is -2.58. The summed E-state index contributed by atoms with van der Waals surface area (Å²) in [6.07, 6.45) is 5.78. The van der Waals surface area contributed by atoms with Crippen molar-refractivity contribution in [3.63, 3.8) is 0 Å². The standard InChI is InChI=1S/C30H35NO2/c1-3-11-25(12-4-1)22-32-24-30(33-23-26-13-5-2-6-14-26)17-9-10-18-31(30)21-27-19-28-15-7-8-16-29(28)20-27/h1-8,11-16,27H,9-10,17-24H2. The second-order valence-electron chi connectivity index (χ2n) is 9.64. The van der Waals surface area contributed by atoms with Crippen LogP contribution in [0.5, 0.6) is 0 Å². The average molecular weight is 442 g/mol. The third kappa shape index (κ3) is 5.55. The topological polar surface area (TPSA) is 21.7 Å². The Labute approximate surface area is 198 Å². The van der Waals surface area contributed by atoms with E-state index >= 15 is 0 Å². The fourth-order valence-electron chi connectivity index (χ4n) is 5.48. The van der Waals surface area contributed by atoms with Gasteiger partial charge in [-0.25, -0.2) is 0 Å². The quantitative estimate of drug-likeness (QED) is 0.405. The van der Waals surface area contributed by atoms with Crippen molar-refractivity contribution in [2.75, 3.05) is 19.7 Å². The number of hydrogen-bond acceptors (Lipinski definition) is 3. The number of likely N-dealkylation sites (tertiary alicyclic amines) is 1. The van der Waals surface area contributed by atoms with E-state index in [2.05, 4.69) is 89.8 Å². The van der Waals surface area contributed by atoms with Crippen molar-refractivity contribution in [1.29, 1.82) is 0 Å². The van der Waals surface area contributed by atoms with Gasteiger partial charge in [0.2, 0.25) is 0 Å². The van der Waals surface area contributed by atoms with E-state index in [4.69, 9.17) is 9.47 Å². The molecule has 3 heteroatoms. The molecule has 1 fully saturated rings. The van der Waals surface area contributed by atoms with Crippen LogP contribution in [0.25, 0.3) is 0 Å². The molecular formula is C30H35NO2.